The van der Waals surface area contributed by atoms with Gasteiger partial charge in [-0.15, -0.1) is 0 Å². The number of non-ortho nitro benzene ring substituents is 1. The van der Waals surface area contributed by atoms with E-state index < -0.39 is 4.92 Å². The summed E-state index contributed by atoms with van der Waals surface area (Å²) in [5, 5.41) is 12.6. The number of fused-ring (bicyclic) bond motifs is 1. The largest absolute Gasteiger partial charge is 0.497 e. The minimum absolute atomic E-state index is 0.0348. The van der Waals surface area contributed by atoms with Gasteiger partial charge in [-0.25, -0.2) is 4.99 Å². The van der Waals surface area contributed by atoms with Gasteiger partial charge in [0.2, 0.25) is 0 Å². The van der Waals surface area contributed by atoms with Crippen LogP contribution >= 0.6 is 0 Å². The molecule has 4 aromatic rings. The standard InChI is InChI=1S/C24H20N2O4/c1-15-12-16(2)24-21(25-18-6-8-19(9-7-18)26(27)28)14-22(30-23(24)13-15)17-4-10-20(29-3)11-5-17/h4-14H,1-3H3. The molecule has 6 heteroatoms. The molecule has 0 bridgehead atoms. The number of ether oxygens (including phenoxy) is 1. The fraction of sp³-hybridized carbons (Fsp3) is 0.125. The number of rotatable bonds is 4. The molecule has 30 heavy (non-hydrogen) atoms. The zero-order valence-electron chi connectivity index (χ0n) is 16.9. The molecule has 3 aromatic carbocycles. The zero-order valence-corrected chi connectivity index (χ0v) is 16.9. The number of hydrogen-bond acceptors (Lipinski definition) is 5. The summed E-state index contributed by atoms with van der Waals surface area (Å²) in [5.41, 5.74) is 4.45. The van der Waals surface area contributed by atoms with E-state index in [1.807, 2.05) is 50.2 Å². The van der Waals surface area contributed by atoms with Crippen LogP contribution in [0.15, 0.2) is 76.1 Å². The van der Waals surface area contributed by atoms with E-state index in [2.05, 4.69) is 6.07 Å². The normalized spacial score (nSPS) is 11.6. The molecule has 0 aliphatic heterocycles. The first kappa shape index (κ1) is 19.4. The number of aryl methyl sites for hydroxylation is 2. The Morgan fingerprint density at radius 3 is 2.30 bits per heavy atom. The van der Waals surface area contributed by atoms with Crippen molar-refractivity contribution in [2.24, 2.45) is 4.99 Å². The molecule has 0 spiro atoms. The Balaban J connectivity index is 1.94. The molecule has 1 heterocycles. The van der Waals surface area contributed by atoms with Crippen LogP contribution in [0.2, 0.25) is 0 Å². The van der Waals surface area contributed by atoms with Crippen molar-refractivity contribution in [1.29, 1.82) is 0 Å². The van der Waals surface area contributed by atoms with E-state index in [1.54, 1.807) is 19.2 Å². The Morgan fingerprint density at radius 1 is 0.967 bits per heavy atom. The van der Waals surface area contributed by atoms with Gasteiger partial charge in [-0.05, 0) is 67.4 Å². The molecule has 0 saturated heterocycles. The number of benzene rings is 3. The van der Waals surface area contributed by atoms with E-state index in [-0.39, 0.29) is 5.69 Å². The maximum absolute atomic E-state index is 10.9. The van der Waals surface area contributed by atoms with Crippen LogP contribution in [0.3, 0.4) is 0 Å². The molecule has 0 unspecified atom stereocenters. The lowest BCUT2D eigenvalue weighted by Gasteiger charge is -2.09. The lowest BCUT2D eigenvalue weighted by Crippen LogP contribution is -2.05. The summed E-state index contributed by atoms with van der Waals surface area (Å²) in [7, 11) is 1.63. The molecule has 0 fully saturated rings. The minimum atomic E-state index is -0.421. The van der Waals surface area contributed by atoms with Gasteiger partial charge < -0.3 is 9.15 Å². The number of nitro benzene ring substituents is 1. The van der Waals surface area contributed by atoms with E-state index in [9.17, 15) is 10.1 Å². The van der Waals surface area contributed by atoms with E-state index in [1.165, 1.54) is 12.1 Å². The Labute approximate surface area is 173 Å². The van der Waals surface area contributed by atoms with Crippen LogP contribution in [0.25, 0.3) is 22.3 Å². The second kappa shape index (κ2) is 7.83. The number of nitro groups is 1. The highest BCUT2D eigenvalue weighted by molar-refractivity contribution is 5.82. The summed E-state index contributed by atoms with van der Waals surface area (Å²) < 4.78 is 11.5. The fourth-order valence-electron chi connectivity index (χ4n) is 3.46. The molecule has 6 nitrogen and oxygen atoms in total. The summed E-state index contributed by atoms with van der Waals surface area (Å²) in [6, 6.07) is 19.8. The lowest BCUT2D eigenvalue weighted by atomic mass is 10.0. The van der Waals surface area contributed by atoms with Crippen LogP contribution in [0, 0.1) is 24.0 Å². The van der Waals surface area contributed by atoms with Crippen molar-refractivity contribution >= 4 is 22.3 Å². The molecule has 0 aliphatic rings. The predicted octanol–water partition coefficient (Wildman–Crippen LogP) is 5.87. The van der Waals surface area contributed by atoms with Gasteiger partial charge in [-0.3, -0.25) is 10.1 Å². The highest BCUT2D eigenvalue weighted by atomic mass is 16.6. The van der Waals surface area contributed by atoms with Crippen molar-refractivity contribution in [1.82, 2.24) is 0 Å². The average molecular weight is 400 g/mol. The van der Waals surface area contributed by atoms with Crippen molar-refractivity contribution < 1.29 is 14.1 Å². The monoisotopic (exact) mass is 400 g/mol. The highest BCUT2D eigenvalue weighted by Gasteiger charge is 2.10. The van der Waals surface area contributed by atoms with Crippen LogP contribution in [-0.4, -0.2) is 12.0 Å². The molecule has 0 saturated carbocycles. The Morgan fingerprint density at radius 2 is 1.67 bits per heavy atom. The molecule has 4 rings (SSSR count). The third-order valence-corrected chi connectivity index (χ3v) is 4.87. The molecule has 0 radical (unpaired) electrons. The van der Waals surface area contributed by atoms with Gasteiger partial charge in [-0.1, -0.05) is 6.07 Å². The van der Waals surface area contributed by atoms with Gasteiger partial charge >= 0.3 is 0 Å². The first-order valence-electron chi connectivity index (χ1n) is 9.43. The quantitative estimate of drug-likeness (QED) is 0.317. The van der Waals surface area contributed by atoms with E-state index in [4.69, 9.17) is 14.1 Å². The minimum Gasteiger partial charge on any atom is -0.497 e. The summed E-state index contributed by atoms with van der Waals surface area (Å²) in [6.07, 6.45) is 0. The van der Waals surface area contributed by atoms with Crippen LogP contribution in [0.1, 0.15) is 11.1 Å². The highest BCUT2D eigenvalue weighted by Crippen LogP contribution is 2.27. The molecule has 0 aliphatic carbocycles. The second-order valence-electron chi connectivity index (χ2n) is 7.06. The van der Waals surface area contributed by atoms with Crippen LogP contribution in [0.4, 0.5) is 11.4 Å². The SMILES string of the molecule is COc1ccc(-c2cc(=Nc3ccc([N+](=O)[O-])cc3)c3c(C)cc(C)cc3o2)cc1. The molecule has 150 valence electrons. The molecule has 0 amide bonds. The summed E-state index contributed by atoms with van der Waals surface area (Å²) in [4.78, 5) is 15.3. The summed E-state index contributed by atoms with van der Waals surface area (Å²) >= 11 is 0. The van der Waals surface area contributed by atoms with Gasteiger partial charge in [0.15, 0.2) is 0 Å². The van der Waals surface area contributed by atoms with E-state index in [0.717, 1.165) is 38.8 Å². The summed E-state index contributed by atoms with van der Waals surface area (Å²) in [5.74, 6) is 1.44. The van der Waals surface area contributed by atoms with Gasteiger partial charge in [0.25, 0.3) is 5.69 Å². The third kappa shape index (κ3) is 3.80. The van der Waals surface area contributed by atoms with Crippen molar-refractivity contribution in [2.45, 2.75) is 13.8 Å². The van der Waals surface area contributed by atoms with Crippen LogP contribution in [0.5, 0.6) is 5.75 Å². The first-order chi connectivity index (χ1) is 14.4. The van der Waals surface area contributed by atoms with E-state index in [0.29, 0.717) is 11.4 Å². The second-order valence-corrected chi connectivity index (χ2v) is 7.06. The lowest BCUT2D eigenvalue weighted by molar-refractivity contribution is -0.384. The van der Waals surface area contributed by atoms with Crippen molar-refractivity contribution in [3.8, 4) is 17.1 Å². The predicted molar refractivity (Wildman–Crippen MR) is 116 cm³/mol. The van der Waals surface area contributed by atoms with Gasteiger partial charge in [0, 0.05) is 29.1 Å². The average Bonchev–Trinajstić information content (AvgIpc) is 2.73. The maximum Gasteiger partial charge on any atom is 0.269 e. The first-order valence-corrected chi connectivity index (χ1v) is 9.43. The molecular formula is C24H20N2O4. The molecular weight excluding hydrogens is 380 g/mol. The number of methoxy groups -OCH3 is 1. The molecule has 0 N–H and O–H groups in total. The van der Waals surface area contributed by atoms with Crippen molar-refractivity contribution in [2.75, 3.05) is 7.11 Å². The van der Waals surface area contributed by atoms with Crippen LogP contribution in [-0.2, 0) is 0 Å². The Kier molecular flexibility index (Phi) is 5.06. The maximum atomic E-state index is 10.9. The van der Waals surface area contributed by atoms with Gasteiger partial charge in [0.05, 0.1) is 23.1 Å². The Bertz CT molecular complexity index is 1300. The topological polar surface area (TPSA) is 77.9 Å². The van der Waals surface area contributed by atoms with E-state index >= 15 is 0 Å². The number of nitrogens with zero attached hydrogens (tertiary/aromatic N) is 2. The van der Waals surface area contributed by atoms with Crippen molar-refractivity contribution in [3.05, 3.63) is 93.3 Å². The smallest absolute Gasteiger partial charge is 0.269 e. The molecule has 0 atom stereocenters. The zero-order chi connectivity index (χ0) is 21.3. The summed E-state index contributed by atoms with van der Waals surface area (Å²) in [6.45, 7) is 4.04. The van der Waals surface area contributed by atoms with Crippen molar-refractivity contribution in [3.63, 3.8) is 0 Å². The van der Waals surface area contributed by atoms with Gasteiger partial charge in [0.1, 0.15) is 17.1 Å². The van der Waals surface area contributed by atoms with Gasteiger partial charge in [-0.2, -0.15) is 0 Å². The molecule has 1 aromatic heterocycles. The van der Waals surface area contributed by atoms with Crippen LogP contribution < -0.4 is 10.1 Å². The number of hydrogen-bond donors (Lipinski definition) is 0. The third-order valence-electron chi connectivity index (χ3n) is 4.87. The fourth-order valence-corrected chi connectivity index (χ4v) is 3.46. The Hall–Kier alpha value is -3.93.